The lowest BCUT2D eigenvalue weighted by Crippen LogP contribution is -2.26. The first-order valence-corrected chi connectivity index (χ1v) is 11.4. The SMILES string of the molecule is O=C(COC(=O)CCCNS(=O)(=O)c1ccc2ccccc2c1)Nc1ccccc1[N+](=O)[O-]. The number of ether oxygens (including phenoxy) is 1. The molecule has 0 aliphatic heterocycles. The minimum Gasteiger partial charge on any atom is -0.456 e. The van der Waals surface area contributed by atoms with Gasteiger partial charge in [0.15, 0.2) is 6.61 Å². The number of hydrogen-bond donors (Lipinski definition) is 2. The fourth-order valence-corrected chi connectivity index (χ4v) is 4.11. The summed E-state index contributed by atoms with van der Waals surface area (Å²) in [5, 5.41) is 15.0. The Hall–Kier alpha value is -3.83. The van der Waals surface area contributed by atoms with Crippen LogP contribution in [0.15, 0.2) is 71.6 Å². The van der Waals surface area contributed by atoms with Crippen LogP contribution in [-0.2, 0) is 24.3 Å². The van der Waals surface area contributed by atoms with Gasteiger partial charge in [-0.25, -0.2) is 13.1 Å². The Morgan fingerprint density at radius 2 is 1.67 bits per heavy atom. The highest BCUT2D eigenvalue weighted by atomic mass is 32.2. The van der Waals surface area contributed by atoms with Gasteiger partial charge in [0.25, 0.3) is 11.6 Å². The van der Waals surface area contributed by atoms with E-state index in [-0.39, 0.29) is 35.7 Å². The van der Waals surface area contributed by atoms with Crippen molar-refractivity contribution in [3.63, 3.8) is 0 Å². The zero-order chi connectivity index (χ0) is 23.8. The summed E-state index contributed by atoms with van der Waals surface area (Å²) in [7, 11) is -3.74. The molecular weight excluding hydrogens is 450 g/mol. The number of nitro groups is 1. The first kappa shape index (κ1) is 23.8. The summed E-state index contributed by atoms with van der Waals surface area (Å²) >= 11 is 0. The van der Waals surface area contributed by atoms with Crippen molar-refractivity contribution < 1.29 is 27.7 Å². The van der Waals surface area contributed by atoms with Gasteiger partial charge in [-0.2, -0.15) is 0 Å². The zero-order valence-corrected chi connectivity index (χ0v) is 18.2. The number of amides is 1. The van der Waals surface area contributed by atoms with Crippen LogP contribution in [0.3, 0.4) is 0 Å². The van der Waals surface area contributed by atoms with Crippen molar-refractivity contribution in [1.82, 2.24) is 4.72 Å². The van der Waals surface area contributed by atoms with E-state index in [1.807, 2.05) is 24.3 Å². The third-order valence-electron chi connectivity index (χ3n) is 4.62. The largest absolute Gasteiger partial charge is 0.456 e. The molecule has 0 bridgehead atoms. The van der Waals surface area contributed by atoms with Gasteiger partial charge >= 0.3 is 5.97 Å². The van der Waals surface area contributed by atoms with Crippen molar-refractivity contribution in [2.24, 2.45) is 0 Å². The van der Waals surface area contributed by atoms with Crippen LogP contribution in [0, 0.1) is 10.1 Å². The van der Waals surface area contributed by atoms with E-state index in [1.54, 1.807) is 12.1 Å². The van der Waals surface area contributed by atoms with Gasteiger partial charge in [-0.15, -0.1) is 0 Å². The number of benzene rings is 3. The van der Waals surface area contributed by atoms with Gasteiger partial charge < -0.3 is 10.1 Å². The van der Waals surface area contributed by atoms with Crippen LogP contribution in [0.2, 0.25) is 0 Å². The number of hydrogen-bond acceptors (Lipinski definition) is 7. The predicted molar refractivity (Wildman–Crippen MR) is 121 cm³/mol. The number of nitrogens with zero attached hydrogens (tertiary/aromatic N) is 1. The Labute approximate surface area is 189 Å². The predicted octanol–water partition coefficient (Wildman–Crippen LogP) is 2.99. The van der Waals surface area contributed by atoms with E-state index >= 15 is 0 Å². The molecule has 2 N–H and O–H groups in total. The van der Waals surface area contributed by atoms with E-state index in [2.05, 4.69) is 10.0 Å². The van der Waals surface area contributed by atoms with Gasteiger partial charge in [-0.3, -0.25) is 19.7 Å². The number of para-hydroxylation sites is 2. The number of nitrogens with one attached hydrogen (secondary N) is 2. The van der Waals surface area contributed by atoms with Crippen molar-refractivity contribution in [2.45, 2.75) is 17.7 Å². The fourth-order valence-electron chi connectivity index (χ4n) is 3.00. The van der Waals surface area contributed by atoms with E-state index in [0.717, 1.165) is 10.8 Å². The fraction of sp³-hybridized carbons (Fsp3) is 0.182. The summed E-state index contributed by atoms with van der Waals surface area (Å²) in [6.07, 6.45) is 0.0520. The highest BCUT2D eigenvalue weighted by Crippen LogP contribution is 2.23. The molecule has 0 radical (unpaired) electrons. The number of carbonyl (C=O) groups is 2. The van der Waals surface area contributed by atoms with Gasteiger partial charge in [-0.05, 0) is 35.4 Å². The molecule has 0 saturated heterocycles. The molecule has 11 heteroatoms. The molecule has 0 aliphatic rings. The Balaban J connectivity index is 1.42. The smallest absolute Gasteiger partial charge is 0.306 e. The standard InChI is InChI=1S/C22H21N3O7S/c26-21(24-19-8-3-4-9-20(19)25(28)29)15-32-22(27)10-5-13-23-33(30,31)18-12-11-16-6-1-2-7-17(16)14-18/h1-4,6-9,11-12,14,23H,5,10,13,15H2,(H,24,26). The number of nitro benzene ring substituents is 1. The van der Waals surface area contributed by atoms with E-state index in [1.165, 1.54) is 30.3 Å². The van der Waals surface area contributed by atoms with E-state index in [0.29, 0.717) is 0 Å². The second-order valence-electron chi connectivity index (χ2n) is 6.99. The molecule has 0 atom stereocenters. The molecule has 172 valence electrons. The van der Waals surface area contributed by atoms with Crippen molar-refractivity contribution in [3.05, 3.63) is 76.8 Å². The Kier molecular flexibility index (Phi) is 7.70. The third-order valence-corrected chi connectivity index (χ3v) is 6.08. The van der Waals surface area contributed by atoms with Crippen LogP contribution in [-0.4, -0.2) is 38.4 Å². The van der Waals surface area contributed by atoms with Gasteiger partial charge in [0.05, 0.1) is 9.82 Å². The van der Waals surface area contributed by atoms with E-state index < -0.39 is 33.4 Å². The van der Waals surface area contributed by atoms with Crippen LogP contribution in [0.5, 0.6) is 0 Å². The molecule has 3 rings (SSSR count). The van der Waals surface area contributed by atoms with Crippen molar-refractivity contribution in [3.8, 4) is 0 Å². The minimum atomic E-state index is -3.74. The number of fused-ring (bicyclic) bond motifs is 1. The Bertz CT molecular complexity index is 1290. The van der Waals surface area contributed by atoms with Gasteiger partial charge in [0, 0.05) is 19.0 Å². The molecule has 0 heterocycles. The average molecular weight is 471 g/mol. The molecule has 33 heavy (non-hydrogen) atoms. The number of esters is 1. The molecule has 1 amide bonds. The summed E-state index contributed by atoms with van der Waals surface area (Å²) in [4.78, 5) is 34.2. The van der Waals surface area contributed by atoms with Gasteiger partial charge in [0.1, 0.15) is 5.69 Å². The molecule has 10 nitrogen and oxygen atoms in total. The maximum Gasteiger partial charge on any atom is 0.306 e. The maximum atomic E-state index is 12.5. The molecule has 0 aromatic heterocycles. The minimum absolute atomic E-state index is 0.00661. The van der Waals surface area contributed by atoms with Crippen LogP contribution in [0.1, 0.15) is 12.8 Å². The lowest BCUT2D eigenvalue weighted by molar-refractivity contribution is -0.383. The van der Waals surface area contributed by atoms with E-state index in [4.69, 9.17) is 4.74 Å². The monoisotopic (exact) mass is 471 g/mol. The molecular formula is C22H21N3O7S. The van der Waals surface area contributed by atoms with Crippen molar-refractivity contribution in [2.75, 3.05) is 18.5 Å². The molecule has 0 spiro atoms. The normalized spacial score (nSPS) is 11.2. The molecule has 3 aromatic rings. The summed E-state index contributed by atoms with van der Waals surface area (Å²) in [5.74, 6) is -1.42. The number of sulfonamides is 1. The Morgan fingerprint density at radius 1 is 0.970 bits per heavy atom. The first-order valence-electron chi connectivity index (χ1n) is 9.93. The highest BCUT2D eigenvalue weighted by molar-refractivity contribution is 7.89. The molecule has 0 saturated carbocycles. The average Bonchev–Trinajstić information content (AvgIpc) is 2.80. The Morgan fingerprint density at radius 3 is 2.42 bits per heavy atom. The second-order valence-corrected chi connectivity index (χ2v) is 8.76. The third kappa shape index (κ3) is 6.57. The lowest BCUT2D eigenvalue weighted by Gasteiger charge is -2.09. The zero-order valence-electron chi connectivity index (χ0n) is 17.4. The topological polar surface area (TPSA) is 145 Å². The molecule has 0 unspecified atom stereocenters. The molecule has 0 fully saturated rings. The quantitative estimate of drug-likeness (QED) is 0.200. The van der Waals surface area contributed by atoms with E-state index in [9.17, 15) is 28.1 Å². The van der Waals surface area contributed by atoms with Crippen molar-refractivity contribution in [1.29, 1.82) is 0 Å². The van der Waals surface area contributed by atoms with Crippen LogP contribution in [0.4, 0.5) is 11.4 Å². The first-order chi connectivity index (χ1) is 15.8. The summed E-state index contributed by atoms with van der Waals surface area (Å²) in [5.41, 5.74) is -0.289. The summed E-state index contributed by atoms with van der Waals surface area (Å²) < 4.78 is 32.2. The van der Waals surface area contributed by atoms with Crippen molar-refractivity contribution >= 4 is 44.0 Å². The molecule has 3 aromatic carbocycles. The maximum absolute atomic E-state index is 12.5. The number of rotatable bonds is 10. The lowest BCUT2D eigenvalue weighted by atomic mass is 10.1. The number of carbonyl (C=O) groups excluding carboxylic acids is 2. The summed E-state index contributed by atoms with van der Waals surface area (Å²) in [6, 6.07) is 17.8. The second kappa shape index (κ2) is 10.7. The van der Waals surface area contributed by atoms with Gasteiger partial charge in [0.2, 0.25) is 10.0 Å². The molecule has 0 aliphatic carbocycles. The van der Waals surface area contributed by atoms with Crippen LogP contribution < -0.4 is 10.0 Å². The van der Waals surface area contributed by atoms with Gasteiger partial charge in [-0.1, -0.05) is 42.5 Å². The highest BCUT2D eigenvalue weighted by Gasteiger charge is 2.17. The van der Waals surface area contributed by atoms with Crippen LogP contribution in [0.25, 0.3) is 10.8 Å². The van der Waals surface area contributed by atoms with Crippen LogP contribution >= 0.6 is 0 Å². The number of anilines is 1. The summed E-state index contributed by atoms with van der Waals surface area (Å²) in [6.45, 7) is -0.611.